The molecule has 0 bridgehead atoms. The van der Waals surface area contributed by atoms with Gasteiger partial charge >= 0.3 is 0 Å². The molecule has 0 aromatic heterocycles. The first kappa shape index (κ1) is 12.1. The molecule has 1 aliphatic rings. The van der Waals surface area contributed by atoms with Crippen molar-refractivity contribution in [3.05, 3.63) is 48.4 Å². The van der Waals surface area contributed by atoms with Crippen molar-refractivity contribution in [1.82, 2.24) is 9.80 Å². The maximum Gasteiger partial charge on any atom is 0.123 e. The van der Waals surface area contributed by atoms with Crippen molar-refractivity contribution in [2.45, 2.75) is 19.5 Å². The van der Waals surface area contributed by atoms with E-state index in [1.807, 2.05) is 18.3 Å². The summed E-state index contributed by atoms with van der Waals surface area (Å²) < 4.78 is 12.8. The summed E-state index contributed by atoms with van der Waals surface area (Å²) in [6.07, 6.45) is 1.92. The van der Waals surface area contributed by atoms with Crippen LogP contribution in [0.2, 0.25) is 0 Å². The Hall–Kier alpha value is -1.35. The lowest BCUT2D eigenvalue weighted by Gasteiger charge is -2.39. The monoisotopic (exact) mass is 234 g/mol. The van der Waals surface area contributed by atoms with Crippen LogP contribution in [0.25, 0.3) is 0 Å². The summed E-state index contributed by atoms with van der Waals surface area (Å²) in [4.78, 5) is 4.67. The summed E-state index contributed by atoms with van der Waals surface area (Å²) in [7, 11) is 0. The van der Waals surface area contributed by atoms with Gasteiger partial charge in [0, 0.05) is 32.2 Å². The average Bonchev–Trinajstić information content (AvgIpc) is 2.32. The zero-order valence-corrected chi connectivity index (χ0v) is 10.3. The third-order valence-electron chi connectivity index (χ3n) is 3.32. The zero-order valence-electron chi connectivity index (χ0n) is 10.3. The van der Waals surface area contributed by atoms with Crippen molar-refractivity contribution in [2.24, 2.45) is 0 Å². The van der Waals surface area contributed by atoms with Gasteiger partial charge in [-0.05, 0) is 30.8 Å². The number of hydrogen-bond donors (Lipinski definition) is 0. The Morgan fingerprint density at radius 1 is 1.35 bits per heavy atom. The third-order valence-corrected chi connectivity index (χ3v) is 3.32. The van der Waals surface area contributed by atoms with Crippen LogP contribution in [0.5, 0.6) is 0 Å². The smallest absolute Gasteiger partial charge is 0.123 e. The molecule has 1 aromatic rings. The van der Waals surface area contributed by atoms with Crippen LogP contribution in [0.1, 0.15) is 12.5 Å². The lowest BCUT2D eigenvalue weighted by Crippen LogP contribution is -2.48. The molecule has 0 aliphatic carbocycles. The summed E-state index contributed by atoms with van der Waals surface area (Å²) in [5, 5.41) is 0. The molecule has 1 saturated heterocycles. The number of rotatable bonds is 3. The highest BCUT2D eigenvalue weighted by Gasteiger charge is 2.20. The highest BCUT2D eigenvalue weighted by atomic mass is 19.1. The maximum absolute atomic E-state index is 12.8. The molecule has 0 spiro atoms. The first-order chi connectivity index (χ1) is 8.19. The topological polar surface area (TPSA) is 6.48 Å². The van der Waals surface area contributed by atoms with E-state index in [0.29, 0.717) is 6.04 Å². The lowest BCUT2D eigenvalue weighted by atomic mass is 10.1. The zero-order chi connectivity index (χ0) is 12.3. The number of piperazine rings is 1. The molecule has 0 amide bonds. The quantitative estimate of drug-likeness (QED) is 0.792. The van der Waals surface area contributed by atoms with E-state index in [1.165, 1.54) is 17.7 Å². The molecule has 3 heteroatoms. The van der Waals surface area contributed by atoms with Crippen LogP contribution >= 0.6 is 0 Å². The van der Waals surface area contributed by atoms with Crippen LogP contribution < -0.4 is 0 Å². The minimum Gasteiger partial charge on any atom is -0.373 e. The Bertz CT molecular complexity index is 374. The second-order valence-electron chi connectivity index (χ2n) is 4.63. The van der Waals surface area contributed by atoms with E-state index in [1.54, 1.807) is 0 Å². The molecule has 92 valence electrons. The molecule has 0 saturated carbocycles. The van der Waals surface area contributed by atoms with Crippen LogP contribution in [-0.2, 0) is 6.54 Å². The van der Waals surface area contributed by atoms with Crippen LogP contribution in [-0.4, -0.2) is 35.5 Å². The molecule has 1 atom stereocenters. The van der Waals surface area contributed by atoms with E-state index in [0.717, 1.165) is 26.2 Å². The van der Waals surface area contributed by atoms with E-state index in [-0.39, 0.29) is 5.82 Å². The van der Waals surface area contributed by atoms with Crippen molar-refractivity contribution in [3.63, 3.8) is 0 Å². The Balaban J connectivity index is 1.92. The van der Waals surface area contributed by atoms with Gasteiger partial charge < -0.3 is 4.90 Å². The summed E-state index contributed by atoms with van der Waals surface area (Å²) >= 11 is 0. The number of hydrogen-bond acceptors (Lipinski definition) is 2. The van der Waals surface area contributed by atoms with Gasteiger partial charge in [-0.15, -0.1) is 0 Å². The summed E-state index contributed by atoms with van der Waals surface area (Å²) in [5.41, 5.74) is 1.17. The van der Waals surface area contributed by atoms with E-state index >= 15 is 0 Å². The van der Waals surface area contributed by atoms with Crippen LogP contribution in [0.15, 0.2) is 37.0 Å². The minimum absolute atomic E-state index is 0.168. The summed E-state index contributed by atoms with van der Waals surface area (Å²) in [5.74, 6) is -0.168. The molecule has 2 rings (SSSR count). The molecular formula is C14H19FN2. The Labute approximate surface area is 102 Å². The highest BCUT2D eigenvalue weighted by molar-refractivity contribution is 5.16. The van der Waals surface area contributed by atoms with Crippen LogP contribution in [0.3, 0.4) is 0 Å². The van der Waals surface area contributed by atoms with E-state index in [2.05, 4.69) is 23.3 Å². The van der Waals surface area contributed by atoms with Gasteiger partial charge in [0.25, 0.3) is 0 Å². The van der Waals surface area contributed by atoms with E-state index in [9.17, 15) is 4.39 Å². The van der Waals surface area contributed by atoms with Gasteiger partial charge in [-0.1, -0.05) is 18.7 Å². The second kappa shape index (κ2) is 5.32. The SMILES string of the molecule is C=CN1CCN(Cc2ccc(F)cc2)CC1C. The predicted molar refractivity (Wildman–Crippen MR) is 68.0 cm³/mol. The Morgan fingerprint density at radius 3 is 2.65 bits per heavy atom. The number of halogens is 1. The van der Waals surface area contributed by atoms with Gasteiger partial charge in [-0.2, -0.15) is 0 Å². The Kier molecular flexibility index (Phi) is 3.79. The summed E-state index contributed by atoms with van der Waals surface area (Å²) in [6, 6.07) is 7.28. The maximum atomic E-state index is 12.8. The van der Waals surface area contributed by atoms with Crippen LogP contribution in [0, 0.1) is 5.82 Å². The predicted octanol–water partition coefficient (Wildman–Crippen LogP) is 2.48. The third kappa shape index (κ3) is 3.07. The number of nitrogens with zero attached hydrogens (tertiary/aromatic N) is 2. The van der Waals surface area contributed by atoms with Gasteiger partial charge in [0.1, 0.15) is 5.82 Å². The van der Waals surface area contributed by atoms with Crippen molar-refractivity contribution in [3.8, 4) is 0 Å². The first-order valence-electron chi connectivity index (χ1n) is 6.04. The van der Waals surface area contributed by atoms with Gasteiger partial charge in [0.15, 0.2) is 0 Å². The molecule has 1 unspecified atom stereocenters. The molecule has 0 N–H and O–H groups in total. The summed E-state index contributed by atoms with van der Waals surface area (Å²) in [6.45, 7) is 10.0. The van der Waals surface area contributed by atoms with Gasteiger partial charge in [0.05, 0.1) is 0 Å². The standard InChI is InChI=1S/C14H19FN2/c1-3-17-9-8-16(10-12(17)2)11-13-4-6-14(15)7-5-13/h3-7,12H,1,8-11H2,2H3. The molecule has 0 radical (unpaired) electrons. The van der Waals surface area contributed by atoms with E-state index < -0.39 is 0 Å². The highest BCUT2D eigenvalue weighted by Crippen LogP contribution is 2.13. The van der Waals surface area contributed by atoms with Crippen molar-refractivity contribution in [1.29, 1.82) is 0 Å². The molecule has 1 aliphatic heterocycles. The molecule has 1 heterocycles. The minimum atomic E-state index is -0.168. The largest absolute Gasteiger partial charge is 0.373 e. The molecule has 1 aromatic carbocycles. The fourth-order valence-electron chi connectivity index (χ4n) is 2.31. The van der Waals surface area contributed by atoms with Crippen molar-refractivity contribution >= 4 is 0 Å². The van der Waals surface area contributed by atoms with E-state index in [4.69, 9.17) is 0 Å². The molecule has 1 fully saturated rings. The van der Waals surface area contributed by atoms with Crippen molar-refractivity contribution < 1.29 is 4.39 Å². The Morgan fingerprint density at radius 2 is 2.06 bits per heavy atom. The fraction of sp³-hybridized carbons (Fsp3) is 0.429. The van der Waals surface area contributed by atoms with Gasteiger partial charge in [-0.25, -0.2) is 4.39 Å². The molecule has 17 heavy (non-hydrogen) atoms. The first-order valence-corrected chi connectivity index (χ1v) is 6.04. The normalized spacial score (nSPS) is 21.5. The van der Waals surface area contributed by atoms with Crippen molar-refractivity contribution in [2.75, 3.05) is 19.6 Å². The molecule has 2 nitrogen and oxygen atoms in total. The van der Waals surface area contributed by atoms with Gasteiger partial charge in [-0.3, -0.25) is 4.90 Å². The second-order valence-corrected chi connectivity index (χ2v) is 4.63. The number of benzene rings is 1. The molecular weight excluding hydrogens is 215 g/mol. The van der Waals surface area contributed by atoms with Crippen LogP contribution in [0.4, 0.5) is 4.39 Å². The average molecular weight is 234 g/mol. The fourth-order valence-corrected chi connectivity index (χ4v) is 2.31. The lowest BCUT2D eigenvalue weighted by molar-refractivity contribution is 0.116. The van der Waals surface area contributed by atoms with Gasteiger partial charge in [0.2, 0.25) is 0 Å².